The van der Waals surface area contributed by atoms with E-state index >= 15 is 0 Å². The van der Waals surface area contributed by atoms with Gasteiger partial charge in [0.1, 0.15) is 11.7 Å². The van der Waals surface area contributed by atoms with Crippen molar-refractivity contribution in [1.29, 1.82) is 0 Å². The number of H-pyrrole nitrogens is 1. The highest BCUT2D eigenvalue weighted by molar-refractivity contribution is 5.96. The SMILES string of the molecule is CCC(C)C(NC(=O)c1cc(C(C)(C)C)[nH]n1)C(N)=O. The fraction of sp³-hybridized carbons (Fsp3) is 0.643. The second-order valence-corrected chi connectivity index (χ2v) is 6.16. The Morgan fingerprint density at radius 2 is 2.05 bits per heavy atom. The quantitative estimate of drug-likeness (QED) is 0.758. The van der Waals surface area contributed by atoms with Crippen LogP contribution < -0.4 is 11.1 Å². The molecule has 0 spiro atoms. The molecule has 1 heterocycles. The van der Waals surface area contributed by atoms with Gasteiger partial charge in [0.05, 0.1) is 0 Å². The fourth-order valence-corrected chi connectivity index (χ4v) is 1.77. The van der Waals surface area contributed by atoms with Gasteiger partial charge < -0.3 is 11.1 Å². The van der Waals surface area contributed by atoms with Crippen molar-refractivity contribution in [1.82, 2.24) is 15.5 Å². The lowest BCUT2D eigenvalue weighted by molar-refractivity contribution is -0.120. The first kappa shape index (κ1) is 16.2. The van der Waals surface area contributed by atoms with Gasteiger partial charge in [-0.2, -0.15) is 5.10 Å². The van der Waals surface area contributed by atoms with Crippen LogP contribution in [0.15, 0.2) is 6.07 Å². The van der Waals surface area contributed by atoms with E-state index in [1.165, 1.54) is 0 Å². The third-order valence-corrected chi connectivity index (χ3v) is 3.42. The molecule has 112 valence electrons. The Hall–Kier alpha value is -1.85. The molecular weight excluding hydrogens is 256 g/mol. The number of hydrogen-bond acceptors (Lipinski definition) is 3. The van der Waals surface area contributed by atoms with Crippen LogP contribution in [0.1, 0.15) is 57.2 Å². The summed E-state index contributed by atoms with van der Waals surface area (Å²) in [6.07, 6.45) is 0.752. The van der Waals surface area contributed by atoms with E-state index < -0.39 is 11.9 Å². The maximum absolute atomic E-state index is 12.1. The largest absolute Gasteiger partial charge is 0.368 e. The summed E-state index contributed by atoms with van der Waals surface area (Å²) in [6, 6.07) is 1.02. The molecule has 6 heteroatoms. The summed E-state index contributed by atoms with van der Waals surface area (Å²) >= 11 is 0. The average Bonchev–Trinajstić information content (AvgIpc) is 2.83. The van der Waals surface area contributed by atoms with Gasteiger partial charge >= 0.3 is 0 Å². The van der Waals surface area contributed by atoms with E-state index in [1.54, 1.807) is 6.07 Å². The van der Waals surface area contributed by atoms with Gasteiger partial charge in [-0.15, -0.1) is 0 Å². The van der Waals surface area contributed by atoms with Crippen molar-refractivity contribution in [3.63, 3.8) is 0 Å². The van der Waals surface area contributed by atoms with Gasteiger partial charge in [-0.3, -0.25) is 14.7 Å². The summed E-state index contributed by atoms with van der Waals surface area (Å²) in [4.78, 5) is 23.5. The minimum atomic E-state index is -0.678. The van der Waals surface area contributed by atoms with Crippen LogP contribution >= 0.6 is 0 Å². The number of rotatable bonds is 5. The molecule has 0 saturated heterocycles. The molecule has 0 aliphatic heterocycles. The second kappa shape index (κ2) is 6.07. The number of nitrogens with one attached hydrogen (secondary N) is 2. The van der Waals surface area contributed by atoms with E-state index in [2.05, 4.69) is 15.5 Å². The number of aromatic nitrogens is 2. The van der Waals surface area contributed by atoms with Gasteiger partial charge in [0.15, 0.2) is 0 Å². The van der Waals surface area contributed by atoms with Crippen molar-refractivity contribution in [2.45, 2.75) is 52.5 Å². The zero-order chi connectivity index (χ0) is 15.5. The van der Waals surface area contributed by atoms with Gasteiger partial charge in [0.25, 0.3) is 5.91 Å². The third kappa shape index (κ3) is 3.82. The zero-order valence-corrected chi connectivity index (χ0v) is 12.8. The number of carbonyl (C=O) groups is 2. The van der Waals surface area contributed by atoms with Crippen LogP contribution in [0.3, 0.4) is 0 Å². The Bertz CT molecular complexity index is 488. The van der Waals surface area contributed by atoms with Crippen LogP contribution in [0.25, 0.3) is 0 Å². The fourth-order valence-electron chi connectivity index (χ4n) is 1.77. The smallest absolute Gasteiger partial charge is 0.272 e. The van der Waals surface area contributed by atoms with Gasteiger partial charge in [0.2, 0.25) is 5.91 Å². The van der Waals surface area contributed by atoms with E-state index in [0.29, 0.717) is 0 Å². The van der Waals surface area contributed by atoms with Gasteiger partial charge in [-0.05, 0) is 12.0 Å². The summed E-state index contributed by atoms with van der Waals surface area (Å²) < 4.78 is 0. The highest BCUT2D eigenvalue weighted by Crippen LogP contribution is 2.20. The standard InChI is InChI=1S/C14H24N4O2/c1-6-8(2)11(12(15)19)16-13(20)9-7-10(18-17-9)14(3,4)5/h7-8,11H,6H2,1-5H3,(H2,15,19)(H,16,20)(H,17,18). The van der Waals surface area contributed by atoms with Crippen molar-refractivity contribution in [2.75, 3.05) is 0 Å². The Balaban J connectivity index is 2.85. The molecule has 0 radical (unpaired) electrons. The molecule has 2 amide bonds. The van der Waals surface area contributed by atoms with E-state index in [1.807, 2.05) is 34.6 Å². The minimum absolute atomic E-state index is 0.0162. The molecule has 2 unspecified atom stereocenters. The lowest BCUT2D eigenvalue weighted by atomic mass is 9.92. The Morgan fingerprint density at radius 1 is 1.45 bits per heavy atom. The van der Waals surface area contributed by atoms with Crippen LogP contribution in [0, 0.1) is 5.92 Å². The van der Waals surface area contributed by atoms with Crippen molar-refractivity contribution in [3.8, 4) is 0 Å². The number of hydrogen-bond donors (Lipinski definition) is 3. The molecule has 2 atom stereocenters. The Morgan fingerprint density at radius 3 is 2.45 bits per heavy atom. The summed E-state index contributed by atoms with van der Waals surface area (Å²) in [6.45, 7) is 9.88. The van der Waals surface area contributed by atoms with Gasteiger partial charge in [-0.1, -0.05) is 41.0 Å². The van der Waals surface area contributed by atoms with Crippen molar-refractivity contribution in [3.05, 3.63) is 17.5 Å². The molecule has 1 rings (SSSR count). The predicted molar refractivity (Wildman–Crippen MR) is 77.2 cm³/mol. The molecular formula is C14H24N4O2. The van der Waals surface area contributed by atoms with Gasteiger partial charge in [-0.25, -0.2) is 0 Å². The monoisotopic (exact) mass is 280 g/mol. The maximum atomic E-state index is 12.1. The summed E-state index contributed by atoms with van der Waals surface area (Å²) in [5.74, 6) is -0.933. The highest BCUT2D eigenvalue weighted by atomic mass is 16.2. The first-order valence-electron chi connectivity index (χ1n) is 6.82. The first-order valence-corrected chi connectivity index (χ1v) is 6.82. The normalized spacial score (nSPS) is 14.7. The number of carbonyl (C=O) groups excluding carboxylic acids is 2. The number of aromatic amines is 1. The topological polar surface area (TPSA) is 101 Å². The molecule has 0 bridgehead atoms. The molecule has 20 heavy (non-hydrogen) atoms. The highest BCUT2D eigenvalue weighted by Gasteiger charge is 2.26. The number of nitrogens with two attached hydrogens (primary N) is 1. The first-order chi connectivity index (χ1) is 9.16. The van der Waals surface area contributed by atoms with Crippen LogP contribution in [0.4, 0.5) is 0 Å². The van der Waals surface area contributed by atoms with E-state index in [0.717, 1.165) is 12.1 Å². The van der Waals surface area contributed by atoms with Crippen LogP contribution in [-0.2, 0) is 10.2 Å². The number of nitrogens with zero attached hydrogens (tertiary/aromatic N) is 1. The van der Waals surface area contributed by atoms with E-state index in [4.69, 9.17) is 5.73 Å². The minimum Gasteiger partial charge on any atom is -0.368 e. The van der Waals surface area contributed by atoms with Crippen LogP contribution in [0.2, 0.25) is 0 Å². The molecule has 0 saturated carbocycles. The van der Waals surface area contributed by atoms with E-state index in [-0.39, 0.29) is 22.9 Å². The molecule has 4 N–H and O–H groups in total. The van der Waals surface area contributed by atoms with Crippen LogP contribution in [0.5, 0.6) is 0 Å². The lowest BCUT2D eigenvalue weighted by Crippen LogP contribution is -2.48. The summed E-state index contributed by atoms with van der Waals surface area (Å²) in [5, 5.41) is 9.49. The van der Waals surface area contributed by atoms with Crippen LogP contribution in [-0.4, -0.2) is 28.1 Å². The Kier molecular flexibility index (Phi) is 4.92. The predicted octanol–water partition coefficient (Wildman–Crippen LogP) is 1.34. The average molecular weight is 280 g/mol. The second-order valence-electron chi connectivity index (χ2n) is 6.16. The molecule has 0 aliphatic rings. The Labute approximate surface area is 119 Å². The molecule has 0 fully saturated rings. The molecule has 1 aromatic rings. The van der Waals surface area contributed by atoms with Gasteiger partial charge in [0, 0.05) is 11.1 Å². The van der Waals surface area contributed by atoms with Crippen molar-refractivity contribution in [2.24, 2.45) is 11.7 Å². The summed E-state index contributed by atoms with van der Waals surface area (Å²) in [5.41, 5.74) is 6.34. The molecule has 0 aromatic carbocycles. The molecule has 0 aliphatic carbocycles. The molecule has 1 aromatic heterocycles. The maximum Gasteiger partial charge on any atom is 0.272 e. The molecule has 6 nitrogen and oxygen atoms in total. The number of amides is 2. The summed E-state index contributed by atoms with van der Waals surface area (Å²) in [7, 11) is 0. The van der Waals surface area contributed by atoms with Crippen molar-refractivity contribution < 1.29 is 9.59 Å². The van der Waals surface area contributed by atoms with E-state index in [9.17, 15) is 9.59 Å². The zero-order valence-electron chi connectivity index (χ0n) is 12.8. The third-order valence-electron chi connectivity index (χ3n) is 3.42. The lowest BCUT2D eigenvalue weighted by Gasteiger charge is -2.20. The van der Waals surface area contributed by atoms with Crippen molar-refractivity contribution >= 4 is 11.8 Å². The number of primary amides is 1.